The zero-order valence-electron chi connectivity index (χ0n) is 15.1. The summed E-state index contributed by atoms with van der Waals surface area (Å²) in [7, 11) is 0. The predicted octanol–water partition coefficient (Wildman–Crippen LogP) is 6.69. The molecule has 1 heteroatoms. The van der Waals surface area contributed by atoms with Crippen molar-refractivity contribution in [2.75, 3.05) is 0 Å². The summed E-state index contributed by atoms with van der Waals surface area (Å²) < 4.78 is 0. The van der Waals surface area contributed by atoms with E-state index in [4.69, 9.17) is 0 Å². The van der Waals surface area contributed by atoms with Gasteiger partial charge in [0.05, 0.1) is 5.52 Å². The van der Waals surface area contributed by atoms with Crippen LogP contribution in [0.2, 0.25) is 0 Å². The fourth-order valence-corrected chi connectivity index (χ4v) is 3.15. The molecular weight excluding hydrogens is 302 g/mol. The molecule has 0 aliphatic heterocycles. The molecule has 25 heavy (non-hydrogen) atoms. The molecule has 3 aromatic rings. The number of hydrogen-bond acceptors (Lipinski definition) is 1. The Hall–Kier alpha value is -2.93. The van der Waals surface area contributed by atoms with Crippen molar-refractivity contribution in [3.05, 3.63) is 95.7 Å². The standard InChI is InChI=1S/C24H23N/c1-5-10-21-16-23(22-13-9-14-25-24(22)19(21)4)18(3)15-17(2)20-11-7-6-8-12-20/h5-16H,2H2,1,3-4H3/b10-5-,18-15+. The monoisotopic (exact) mass is 325 g/mol. The minimum Gasteiger partial charge on any atom is -0.256 e. The van der Waals surface area contributed by atoms with Gasteiger partial charge in [-0.1, -0.05) is 61.2 Å². The van der Waals surface area contributed by atoms with E-state index in [0.29, 0.717) is 0 Å². The smallest absolute Gasteiger partial charge is 0.0743 e. The van der Waals surface area contributed by atoms with Crippen LogP contribution < -0.4 is 0 Å². The highest BCUT2D eigenvalue weighted by atomic mass is 14.6. The second-order valence-corrected chi connectivity index (χ2v) is 6.26. The molecule has 0 fully saturated rings. The van der Waals surface area contributed by atoms with Gasteiger partial charge in [0.2, 0.25) is 0 Å². The van der Waals surface area contributed by atoms with E-state index in [2.05, 4.69) is 67.9 Å². The molecule has 0 amide bonds. The van der Waals surface area contributed by atoms with Crippen LogP contribution in [0.3, 0.4) is 0 Å². The number of aryl methyl sites for hydroxylation is 1. The molecule has 3 rings (SSSR count). The molecule has 1 aromatic heterocycles. The summed E-state index contributed by atoms with van der Waals surface area (Å²) in [6, 6.07) is 16.7. The van der Waals surface area contributed by atoms with Gasteiger partial charge in [0.25, 0.3) is 0 Å². The first-order valence-corrected chi connectivity index (χ1v) is 8.56. The molecule has 0 N–H and O–H groups in total. The van der Waals surface area contributed by atoms with E-state index in [1.54, 1.807) is 0 Å². The van der Waals surface area contributed by atoms with Crippen molar-refractivity contribution < 1.29 is 0 Å². The summed E-state index contributed by atoms with van der Waals surface area (Å²) in [5, 5.41) is 1.18. The van der Waals surface area contributed by atoms with Gasteiger partial charge in [0.1, 0.15) is 0 Å². The van der Waals surface area contributed by atoms with Crippen molar-refractivity contribution in [2.45, 2.75) is 20.8 Å². The van der Waals surface area contributed by atoms with Crippen LogP contribution in [0.5, 0.6) is 0 Å². The number of benzene rings is 2. The molecular formula is C24H23N. The molecule has 0 spiro atoms. The lowest BCUT2D eigenvalue weighted by Crippen LogP contribution is -1.93. The second kappa shape index (κ2) is 7.31. The van der Waals surface area contributed by atoms with Gasteiger partial charge in [-0.15, -0.1) is 0 Å². The zero-order chi connectivity index (χ0) is 17.8. The highest BCUT2D eigenvalue weighted by Crippen LogP contribution is 2.31. The Balaban J connectivity index is 2.15. The third kappa shape index (κ3) is 3.46. The van der Waals surface area contributed by atoms with Crippen LogP contribution in [-0.4, -0.2) is 4.98 Å². The summed E-state index contributed by atoms with van der Waals surface area (Å²) in [6.45, 7) is 10.6. The summed E-state index contributed by atoms with van der Waals surface area (Å²) in [4.78, 5) is 4.62. The number of rotatable bonds is 4. The van der Waals surface area contributed by atoms with E-state index in [1.807, 2.05) is 37.4 Å². The summed E-state index contributed by atoms with van der Waals surface area (Å²) in [5.41, 5.74) is 8.05. The lowest BCUT2D eigenvalue weighted by atomic mass is 9.93. The van der Waals surface area contributed by atoms with E-state index >= 15 is 0 Å². The number of hydrogen-bond donors (Lipinski definition) is 0. The van der Waals surface area contributed by atoms with Gasteiger partial charge in [-0.3, -0.25) is 4.98 Å². The minimum atomic E-state index is 1.02. The molecule has 2 aromatic carbocycles. The van der Waals surface area contributed by atoms with Crippen molar-refractivity contribution in [3.8, 4) is 0 Å². The number of allylic oxidation sites excluding steroid dienone is 4. The first kappa shape index (κ1) is 16.9. The molecule has 0 aliphatic carbocycles. The molecule has 0 saturated heterocycles. The Kier molecular flexibility index (Phi) is 4.95. The average molecular weight is 325 g/mol. The van der Waals surface area contributed by atoms with Crippen LogP contribution in [0.1, 0.15) is 36.1 Å². The van der Waals surface area contributed by atoms with Crippen molar-refractivity contribution >= 4 is 28.1 Å². The molecule has 0 saturated carbocycles. The Morgan fingerprint density at radius 1 is 1.08 bits per heavy atom. The fourth-order valence-electron chi connectivity index (χ4n) is 3.15. The third-order valence-corrected chi connectivity index (χ3v) is 4.49. The van der Waals surface area contributed by atoms with Gasteiger partial charge in [0.15, 0.2) is 0 Å². The van der Waals surface area contributed by atoms with Crippen LogP contribution >= 0.6 is 0 Å². The van der Waals surface area contributed by atoms with E-state index < -0.39 is 0 Å². The van der Waals surface area contributed by atoms with Crippen LogP contribution in [0.4, 0.5) is 0 Å². The average Bonchev–Trinajstić information content (AvgIpc) is 2.65. The number of nitrogens with zero attached hydrogens (tertiary/aromatic N) is 1. The predicted molar refractivity (Wildman–Crippen MR) is 110 cm³/mol. The molecule has 124 valence electrons. The van der Waals surface area contributed by atoms with Gasteiger partial charge >= 0.3 is 0 Å². The van der Waals surface area contributed by atoms with Crippen molar-refractivity contribution in [1.82, 2.24) is 4.98 Å². The lowest BCUT2D eigenvalue weighted by Gasteiger charge is -2.13. The highest BCUT2D eigenvalue weighted by molar-refractivity contribution is 5.97. The molecule has 0 aliphatic rings. The van der Waals surface area contributed by atoms with E-state index in [1.165, 1.54) is 27.6 Å². The Morgan fingerprint density at radius 3 is 2.56 bits per heavy atom. The van der Waals surface area contributed by atoms with E-state index in [9.17, 15) is 0 Å². The largest absolute Gasteiger partial charge is 0.256 e. The van der Waals surface area contributed by atoms with Crippen molar-refractivity contribution in [2.24, 2.45) is 0 Å². The number of pyridine rings is 1. The second-order valence-electron chi connectivity index (χ2n) is 6.26. The maximum absolute atomic E-state index is 4.62. The van der Waals surface area contributed by atoms with Gasteiger partial charge in [0, 0.05) is 11.6 Å². The van der Waals surface area contributed by atoms with Crippen molar-refractivity contribution in [3.63, 3.8) is 0 Å². The first-order chi connectivity index (χ1) is 12.1. The van der Waals surface area contributed by atoms with Gasteiger partial charge < -0.3 is 0 Å². The van der Waals surface area contributed by atoms with Crippen LogP contribution in [-0.2, 0) is 0 Å². The molecule has 1 heterocycles. The van der Waals surface area contributed by atoms with E-state index in [-0.39, 0.29) is 0 Å². The Morgan fingerprint density at radius 2 is 1.84 bits per heavy atom. The maximum atomic E-state index is 4.62. The SMILES string of the molecule is C=C(/C=C(\C)c1cc(/C=C\C)c(C)c2ncccc12)c1ccccc1. The van der Waals surface area contributed by atoms with Crippen LogP contribution in [0.25, 0.3) is 28.1 Å². The molecule has 0 bridgehead atoms. The Labute approximate surface area is 150 Å². The van der Waals surface area contributed by atoms with E-state index in [0.717, 1.165) is 16.7 Å². The molecule has 1 nitrogen and oxygen atoms in total. The zero-order valence-corrected chi connectivity index (χ0v) is 15.1. The fraction of sp³-hybridized carbons (Fsp3) is 0.125. The quantitative estimate of drug-likeness (QED) is 0.487. The maximum Gasteiger partial charge on any atom is 0.0743 e. The summed E-state index contributed by atoms with van der Waals surface area (Å²) >= 11 is 0. The number of fused-ring (bicyclic) bond motifs is 1. The minimum absolute atomic E-state index is 1.02. The van der Waals surface area contributed by atoms with Crippen LogP contribution in [0.15, 0.2) is 73.5 Å². The van der Waals surface area contributed by atoms with Gasteiger partial charge in [-0.05, 0) is 66.3 Å². The van der Waals surface area contributed by atoms with Gasteiger partial charge in [-0.25, -0.2) is 0 Å². The third-order valence-electron chi connectivity index (χ3n) is 4.49. The topological polar surface area (TPSA) is 12.9 Å². The molecule has 0 radical (unpaired) electrons. The summed E-state index contributed by atoms with van der Waals surface area (Å²) in [5.74, 6) is 0. The van der Waals surface area contributed by atoms with Gasteiger partial charge in [-0.2, -0.15) is 0 Å². The van der Waals surface area contributed by atoms with Crippen molar-refractivity contribution in [1.29, 1.82) is 0 Å². The molecule has 0 atom stereocenters. The first-order valence-electron chi connectivity index (χ1n) is 8.56. The molecule has 0 unspecified atom stereocenters. The summed E-state index contributed by atoms with van der Waals surface area (Å²) in [6.07, 6.45) is 8.24. The van der Waals surface area contributed by atoms with Crippen LogP contribution in [0, 0.1) is 6.92 Å². The normalized spacial score (nSPS) is 12.0. The highest BCUT2D eigenvalue weighted by Gasteiger charge is 2.10. The lowest BCUT2D eigenvalue weighted by molar-refractivity contribution is 1.35. The Bertz CT molecular complexity index is 976. The number of aromatic nitrogens is 1.